The van der Waals surface area contributed by atoms with Gasteiger partial charge in [0.15, 0.2) is 17.2 Å². The first-order valence-corrected chi connectivity index (χ1v) is 13.2. The molecule has 0 spiro atoms. The van der Waals surface area contributed by atoms with Gasteiger partial charge < -0.3 is 9.64 Å². The van der Waals surface area contributed by atoms with Gasteiger partial charge >= 0.3 is 0 Å². The zero-order valence-corrected chi connectivity index (χ0v) is 21.9. The number of allylic oxidation sites excluding steroid dienone is 6. The molecule has 4 heterocycles. The number of ketones is 1. The van der Waals surface area contributed by atoms with Crippen LogP contribution in [0.4, 0.5) is 5.69 Å². The Morgan fingerprint density at radius 1 is 1.14 bits per heavy atom. The monoisotopic (exact) mass is 490 g/mol. The number of aromatic nitrogens is 2. The Bertz CT molecular complexity index is 1570. The summed E-state index contributed by atoms with van der Waals surface area (Å²) in [7, 11) is 4.19. The van der Waals surface area contributed by atoms with E-state index < -0.39 is 0 Å². The molecule has 1 aromatic carbocycles. The van der Waals surface area contributed by atoms with Crippen LogP contribution in [-0.4, -0.2) is 23.0 Å². The number of ether oxygens (including phenoxy) is 1. The summed E-state index contributed by atoms with van der Waals surface area (Å²) in [5.41, 5.74) is 9.37. The molecule has 0 N–H and O–H groups in total. The number of para-hydroxylation sites is 1. The third-order valence-electron chi connectivity index (χ3n) is 8.67. The quantitative estimate of drug-likeness (QED) is 0.557. The number of carbonyl (C=O) groups excluding carboxylic acids is 1. The van der Waals surface area contributed by atoms with Crippen molar-refractivity contribution in [2.75, 3.05) is 11.4 Å². The Balaban J connectivity index is 1.29. The van der Waals surface area contributed by atoms with Gasteiger partial charge in [-0.3, -0.25) is 4.79 Å². The molecule has 2 aliphatic carbocycles. The van der Waals surface area contributed by atoms with Crippen LogP contribution in [0.3, 0.4) is 0 Å². The Morgan fingerprint density at radius 3 is 2.81 bits per heavy atom. The van der Waals surface area contributed by atoms with Gasteiger partial charge in [0.05, 0.1) is 14.1 Å². The third-order valence-corrected chi connectivity index (χ3v) is 8.67. The van der Waals surface area contributed by atoms with Crippen molar-refractivity contribution in [1.29, 1.82) is 0 Å². The minimum Gasteiger partial charge on any atom is -0.485 e. The van der Waals surface area contributed by atoms with Crippen LogP contribution in [-0.2, 0) is 35.5 Å². The minimum atomic E-state index is -0.0992. The molecule has 3 aliphatic heterocycles. The van der Waals surface area contributed by atoms with Crippen molar-refractivity contribution >= 4 is 23.6 Å². The van der Waals surface area contributed by atoms with E-state index in [0.717, 1.165) is 37.2 Å². The molecule has 1 unspecified atom stereocenters. The topological polar surface area (TPSA) is 38.4 Å². The van der Waals surface area contributed by atoms with E-state index in [4.69, 9.17) is 4.74 Å². The lowest BCUT2D eigenvalue weighted by atomic mass is 9.79. The maximum absolute atomic E-state index is 13.1. The van der Waals surface area contributed by atoms with E-state index in [2.05, 4.69) is 90.5 Å². The summed E-state index contributed by atoms with van der Waals surface area (Å²) in [5, 5.41) is 0. The largest absolute Gasteiger partial charge is 0.485 e. The van der Waals surface area contributed by atoms with E-state index in [0.29, 0.717) is 11.3 Å². The fourth-order valence-electron chi connectivity index (χ4n) is 6.83. The van der Waals surface area contributed by atoms with Crippen LogP contribution in [0.15, 0.2) is 82.8 Å². The Morgan fingerprint density at radius 2 is 1.97 bits per heavy atom. The average Bonchev–Trinajstić information content (AvgIpc) is 3.29. The second-order valence-corrected chi connectivity index (χ2v) is 11.1. The number of hydrogen-bond acceptors (Lipinski definition) is 3. The Hall–Kier alpha value is -3.86. The first-order valence-electron chi connectivity index (χ1n) is 13.2. The third kappa shape index (κ3) is 3.16. The molecular weight excluding hydrogens is 458 g/mol. The number of fused-ring (bicyclic) bond motifs is 6. The highest BCUT2D eigenvalue weighted by atomic mass is 16.5. The predicted molar refractivity (Wildman–Crippen MR) is 146 cm³/mol. The van der Waals surface area contributed by atoms with Crippen molar-refractivity contribution in [3.05, 3.63) is 106 Å². The van der Waals surface area contributed by atoms with Crippen molar-refractivity contribution in [2.45, 2.75) is 44.6 Å². The predicted octanol–water partition coefficient (Wildman–Crippen LogP) is 5.00. The Labute approximate surface area is 218 Å². The van der Waals surface area contributed by atoms with E-state index in [1.54, 1.807) is 6.08 Å². The zero-order valence-electron chi connectivity index (χ0n) is 21.9. The fourth-order valence-corrected chi connectivity index (χ4v) is 6.83. The van der Waals surface area contributed by atoms with Crippen molar-refractivity contribution in [3.8, 4) is 0 Å². The first-order chi connectivity index (χ1) is 17.8. The minimum absolute atomic E-state index is 0.00735. The summed E-state index contributed by atoms with van der Waals surface area (Å²) < 4.78 is 10.9. The molecule has 0 fully saturated rings. The van der Waals surface area contributed by atoms with Crippen LogP contribution < -0.4 is 9.47 Å². The molecule has 7 rings (SSSR count). The lowest BCUT2D eigenvalue weighted by molar-refractivity contribution is -0.680. The standard InChI is InChI=1S/C32H32N3O2/c1-32(2)23-9-5-6-10-24(23)35-16-15-28-22(31(32)35)18-21-17-20(27(36)19-29(21)37-28)13-14-30-33(3)25-11-7-8-12-26(25)34(30)4/h5-7,9-11,13-14,17-19,28H,8,12,15-16H2,1-4H3/q+1. The van der Waals surface area contributed by atoms with Gasteiger partial charge in [-0.25, -0.2) is 9.13 Å². The van der Waals surface area contributed by atoms with Crippen molar-refractivity contribution < 1.29 is 14.1 Å². The van der Waals surface area contributed by atoms with E-state index in [1.807, 2.05) is 12.2 Å². The summed E-state index contributed by atoms with van der Waals surface area (Å²) in [6, 6.07) is 8.73. The zero-order chi connectivity index (χ0) is 25.5. The summed E-state index contributed by atoms with van der Waals surface area (Å²) in [6.45, 7) is 5.54. The highest BCUT2D eigenvalue weighted by Gasteiger charge is 2.46. The summed E-state index contributed by atoms with van der Waals surface area (Å²) in [6.07, 6.45) is 17.4. The molecule has 0 saturated carbocycles. The molecule has 5 aliphatic rings. The molecule has 186 valence electrons. The number of nitrogens with zero attached hydrogens (tertiary/aromatic N) is 3. The number of carbonyl (C=O) groups is 1. The molecule has 37 heavy (non-hydrogen) atoms. The molecule has 0 bridgehead atoms. The van der Waals surface area contributed by atoms with E-state index in [-0.39, 0.29) is 17.3 Å². The lowest BCUT2D eigenvalue weighted by Gasteiger charge is -2.40. The maximum Gasteiger partial charge on any atom is 0.281 e. The molecule has 1 atom stereocenters. The summed E-state index contributed by atoms with van der Waals surface area (Å²) in [5.74, 6) is 1.77. The molecule has 0 radical (unpaired) electrons. The highest BCUT2D eigenvalue weighted by Crippen LogP contribution is 2.52. The molecule has 1 aromatic heterocycles. The molecule has 2 aromatic rings. The molecule has 5 heteroatoms. The van der Waals surface area contributed by atoms with Crippen LogP contribution in [0.25, 0.3) is 12.2 Å². The Kier molecular flexibility index (Phi) is 4.72. The number of imidazole rings is 1. The number of hydrogen-bond donors (Lipinski definition) is 0. The van der Waals surface area contributed by atoms with Gasteiger partial charge in [-0.2, -0.15) is 0 Å². The van der Waals surface area contributed by atoms with Gasteiger partial charge in [0.25, 0.3) is 5.82 Å². The highest BCUT2D eigenvalue weighted by molar-refractivity contribution is 6.09. The molecule has 0 saturated heterocycles. The van der Waals surface area contributed by atoms with Crippen molar-refractivity contribution in [2.24, 2.45) is 14.1 Å². The van der Waals surface area contributed by atoms with Crippen LogP contribution in [0.2, 0.25) is 0 Å². The summed E-state index contributed by atoms with van der Waals surface area (Å²) >= 11 is 0. The van der Waals surface area contributed by atoms with Gasteiger partial charge in [-0.1, -0.05) is 38.1 Å². The van der Waals surface area contributed by atoms with Gasteiger partial charge in [-0.15, -0.1) is 0 Å². The second kappa shape index (κ2) is 7.82. The number of rotatable bonds is 2. The van der Waals surface area contributed by atoms with Gasteiger partial charge in [0.1, 0.15) is 11.9 Å². The molecule has 0 amide bonds. The molecule has 5 nitrogen and oxygen atoms in total. The maximum atomic E-state index is 13.1. The normalized spacial score (nSPS) is 23.0. The lowest BCUT2D eigenvalue weighted by Crippen LogP contribution is -2.39. The van der Waals surface area contributed by atoms with Crippen LogP contribution in [0.5, 0.6) is 0 Å². The fraction of sp³-hybridized carbons (Fsp3) is 0.312. The van der Waals surface area contributed by atoms with Crippen molar-refractivity contribution in [3.63, 3.8) is 0 Å². The van der Waals surface area contributed by atoms with Crippen LogP contribution in [0, 0.1) is 0 Å². The summed E-state index contributed by atoms with van der Waals surface area (Å²) in [4.78, 5) is 15.6. The van der Waals surface area contributed by atoms with Gasteiger partial charge in [0.2, 0.25) is 0 Å². The van der Waals surface area contributed by atoms with Gasteiger partial charge in [0, 0.05) is 65.1 Å². The van der Waals surface area contributed by atoms with E-state index in [1.165, 1.54) is 33.9 Å². The van der Waals surface area contributed by atoms with Crippen LogP contribution >= 0.6 is 0 Å². The van der Waals surface area contributed by atoms with Crippen molar-refractivity contribution in [1.82, 2.24) is 4.57 Å². The van der Waals surface area contributed by atoms with E-state index in [9.17, 15) is 4.79 Å². The average molecular weight is 491 g/mol. The van der Waals surface area contributed by atoms with E-state index >= 15 is 0 Å². The number of anilines is 1. The first kappa shape index (κ1) is 22.3. The van der Waals surface area contributed by atoms with Crippen LogP contribution in [0.1, 0.15) is 49.5 Å². The number of benzene rings is 1. The molecular formula is C32H32N3O2+. The smallest absolute Gasteiger partial charge is 0.281 e. The second-order valence-electron chi connectivity index (χ2n) is 11.1. The SMILES string of the molecule is Cn1c2c([n+](C)c1/C=C/C1=CC3=CC4=C5N(CCC4OC3=CC1=O)c1ccccc1C5(C)C)CCC=C2. The van der Waals surface area contributed by atoms with Gasteiger partial charge in [-0.05, 0) is 42.4 Å².